The fourth-order valence-electron chi connectivity index (χ4n) is 4.70. The fourth-order valence-corrected chi connectivity index (χ4v) is 4.70. The second-order valence-corrected chi connectivity index (χ2v) is 8.45. The van der Waals surface area contributed by atoms with Crippen molar-refractivity contribution < 1.29 is 13.9 Å². The second kappa shape index (κ2) is 9.85. The Kier molecular flexibility index (Phi) is 7.51. The van der Waals surface area contributed by atoms with Gasteiger partial charge in [0.1, 0.15) is 5.82 Å². The van der Waals surface area contributed by atoms with Crippen LogP contribution in [0.5, 0.6) is 0 Å². The van der Waals surface area contributed by atoms with E-state index in [4.69, 9.17) is 9.47 Å². The van der Waals surface area contributed by atoms with Crippen molar-refractivity contribution in [3.8, 4) is 0 Å². The molecule has 1 aliphatic heterocycles. The second-order valence-electron chi connectivity index (χ2n) is 8.45. The summed E-state index contributed by atoms with van der Waals surface area (Å²) >= 11 is 0. The molecule has 3 heteroatoms. The zero-order chi connectivity index (χ0) is 18.4. The maximum atomic E-state index is 13.1. The van der Waals surface area contributed by atoms with Gasteiger partial charge >= 0.3 is 0 Å². The quantitative estimate of drug-likeness (QED) is 0.515. The molecule has 1 atom stereocenters. The first-order chi connectivity index (χ1) is 12.7. The Morgan fingerprint density at radius 1 is 0.962 bits per heavy atom. The molecule has 1 aromatic carbocycles. The van der Waals surface area contributed by atoms with Gasteiger partial charge in [-0.05, 0) is 42.7 Å². The van der Waals surface area contributed by atoms with E-state index < -0.39 is 0 Å². The van der Waals surface area contributed by atoms with Crippen LogP contribution < -0.4 is 0 Å². The van der Waals surface area contributed by atoms with Crippen LogP contribution in [0.3, 0.4) is 0 Å². The Hall–Kier alpha value is -0.930. The summed E-state index contributed by atoms with van der Waals surface area (Å²) in [6, 6.07) is 6.44. The summed E-state index contributed by atoms with van der Waals surface area (Å²) < 4.78 is 25.0. The smallest absolute Gasteiger partial charge is 0.183 e. The maximum absolute atomic E-state index is 13.1. The van der Waals surface area contributed by atoms with E-state index in [9.17, 15) is 4.39 Å². The molecule has 26 heavy (non-hydrogen) atoms. The van der Waals surface area contributed by atoms with Gasteiger partial charge in [-0.1, -0.05) is 64.5 Å². The molecule has 146 valence electrons. The summed E-state index contributed by atoms with van der Waals surface area (Å²) in [5.74, 6) is 2.69. The Morgan fingerprint density at radius 2 is 1.62 bits per heavy atom. The minimum absolute atomic E-state index is 0.221. The van der Waals surface area contributed by atoms with E-state index in [1.165, 1.54) is 63.5 Å². The zero-order valence-electron chi connectivity index (χ0n) is 16.5. The van der Waals surface area contributed by atoms with Crippen LogP contribution >= 0.6 is 0 Å². The van der Waals surface area contributed by atoms with Gasteiger partial charge in [0.2, 0.25) is 0 Å². The molecule has 2 nitrogen and oxygen atoms in total. The Bertz CT molecular complexity index is 514. The highest BCUT2D eigenvalue weighted by Gasteiger charge is 2.33. The highest BCUT2D eigenvalue weighted by Crippen LogP contribution is 2.40. The lowest BCUT2D eigenvalue weighted by Crippen LogP contribution is -2.35. The maximum Gasteiger partial charge on any atom is 0.183 e. The summed E-state index contributed by atoms with van der Waals surface area (Å²) in [5, 5.41) is 0. The highest BCUT2D eigenvalue weighted by molar-refractivity contribution is 5.17. The Labute approximate surface area is 158 Å². The number of rotatable bonds is 7. The van der Waals surface area contributed by atoms with Gasteiger partial charge in [-0.15, -0.1) is 0 Å². The topological polar surface area (TPSA) is 18.5 Å². The molecule has 1 saturated heterocycles. The largest absolute Gasteiger partial charge is 0.348 e. The van der Waals surface area contributed by atoms with Crippen LogP contribution in [0.4, 0.5) is 4.39 Å². The first kappa shape index (κ1) is 19.8. The van der Waals surface area contributed by atoms with Crippen LogP contribution in [-0.4, -0.2) is 13.2 Å². The average molecular weight is 363 g/mol. The molecule has 0 radical (unpaired) electrons. The molecule has 1 aliphatic carbocycles. The third-order valence-electron chi connectivity index (χ3n) is 6.66. The van der Waals surface area contributed by atoms with Crippen molar-refractivity contribution in [2.45, 2.75) is 71.5 Å². The number of benzene rings is 1. The predicted octanol–water partition coefficient (Wildman–Crippen LogP) is 6.51. The summed E-state index contributed by atoms with van der Waals surface area (Å²) in [5.41, 5.74) is 0.907. The van der Waals surface area contributed by atoms with Gasteiger partial charge < -0.3 is 9.47 Å². The lowest BCUT2D eigenvalue weighted by atomic mass is 9.71. The fraction of sp³-hybridized carbons (Fsp3) is 0.739. The monoisotopic (exact) mass is 362 g/mol. The van der Waals surface area contributed by atoms with Crippen molar-refractivity contribution in [2.75, 3.05) is 13.2 Å². The lowest BCUT2D eigenvalue weighted by Gasteiger charge is -2.39. The molecule has 3 rings (SSSR count). The normalized spacial score (nSPS) is 30.9. The molecule has 1 unspecified atom stereocenters. The molecule has 0 bridgehead atoms. The Balaban J connectivity index is 1.41. The van der Waals surface area contributed by atoms with E-state index in [2.05, 4.69) is 13.8 Å². The predicted molar refractivity (Wildman–Crippen MR) is 103 cm³/mol. The molecule has 0 amide bonds. The van der Waals surface area contributed by atoms with Gasteiger partial charge in [-0.3, -0.25) is 0 Å². The van der Waals surface area contributed by atoms with Gasteiger partial charge in [0.15, 0.2) is 6.29 Å². The number of halogens is 1. The standard InChI is InChI=1S/C23H35FO2/c1-3-4-5-6-18-7-9-19(10-8-18)17(2)21-15-25-23(26-16-21)20-11-13-22(24)14-12-20/h11-14,17-19,21,23H,3-10,15-16H2,1-2H3. The molecular weight excluding hydrogens is 327 g/mol. The molecule has 0 aromatic heterocycles. The summed E-state index contributed by atoms with van der Waals surface area (Å²) in [6.07, 6.45) is 10.8. The van der Waals surface area contributed by atoms with E-state index in [0.717, 1.165) is 30.6 Å². The third kappa shape index (κ3) is 5.29. The lowest BCUT2D eigenvalue weighted by molar-refractivity contribution is -0.215. The number of unbranched alkanes of at least 4 members (excludes halogenated alkanes) is 2. The minimum Gasteiger partial charge on any atom is -0.348 e. The van der Waals surface area contributed by atoms with Gasteiger partial charge in [0, 0.05) is 11.5 Å². The van der Waals surface area contributed by atoms with Crippen molar-refractivity contribution in [2.24, 2.45) is 23.7 Å². The molecule has 1 aromatic rings. The third-order valence-corrected chi connectivity index (χ3v) is 6.66. The number of hydrogen-bond donors (Lipinski definition) is 0. The molecular formula is C23H35FO2. The molecule has 0 N–H and O–H groups in total. The van der Waals surface area contributed by atoms with E-state index in [0.29, 0.717) is 11.8 Å². The molecule has 1 heterocycles. The zero-order valence-corrected chi connectivity index (χ0v) is 16.5. The summed E-state index contributed by atoms with van der Waals surface area (Å²) in [4.78, 5) is 0. The number of hydrogen-bond acceptors (Lipinski definition) is 2. The van der Waals surface area contributed by atoms with Gasteiger partial charge in [0.25, 0.3) is 0 Å². The minimum atomic E-state index is -0.339. The van der Waals surface area contributed by atoms with Crippen LogP contribution in [0.25, 0.3) is 0 Å². The average Bonchev–Trinajstić information content (AvgIpc) is 2.69. The van der Waals surface area contributed by atoms with Crippen LogP contribution in [0.2, 0.25) is 0 Å². The van der Waals surface area contributed by atoms with E-state index in [1.807, 2.05) is 0 Å². The van der Waals surface area contributed by atoms with Crippen molar-refractivity contribution in [1.29, 1.82) is 0 Å². The first-order valence-corrected chi connectivity index (χ1v) is 10.7. The van der Waals surface area contributed by atoms with Gasteiger partial charge in [0.05, 0.1) is 13.2 Å². The van der Waals surface area contributed by atoms with Crippen LogP contribution in [-0.2, 0) is 9.47 Å². The molecule has 0 spiro atoms. The number of ether oxygens (including phenoxy) is 2. The molecule has 1 saturated carbocycles. The van der Waals surface area contributed by atoms with Crippen LogP contribution in [0, 0.1) is 29.5 Å². The van der Waals surface area contributed by atoms with Crippen molar-refractivity contribution >= 4 is 0 Å². The van der Waals surface area contributed by atoms with Crippen molar-refractivity contribution in [1.82, 2.24) is 0 Å². The SMILES string of the molecule is CCCCCC1CCC(C(C)C2COC(c3ccc(F)cc3)OC2)CC1. The van der Waals surface area contributed by atoms with Crippen molar-refractivity contribution in [3.63, 3.8) is 0 Å². The Morgan fingerprint density at radius 3 is 2.23 bits per heavy atom. The summed E-state index contributed by atoms with van der Waals surface area (Å²) in [6.45, 7) is 6.17. The van der Waals surface area contributed by atoms with E-state index >= 15 is 0 Å². The summed E-state index contributed by atoms with van der Waals surface area (Å²) in [7, 11) is 0. The van der Waals surface area contributed by atoms with Crippen molar-refractivity contribution in [3.05, 3.63) is 35.6 Å². The van der Waals surface area contributed by atoms with Gasteiger partial charge in [-0.2, -0.15) is 0 Å². The van der Waals surface area contributed by atoms with Crippen LogP contribution in [0.15, 0.2) is 24.3 Å². The van der Waals surface area contributed by atoms with E-state index in [-0.39, 0.29) is 12.1 Å². The van der Waals surface area contributed by atoms with E-state index in [1.54, 1.807) is 12.1 Å². The molecule has 2 fully saturated rings. The highest BCUT2D eigenvalue weighted by atomic mass is 19.1. The van der Waals surface area contributed by atoms with Crippen LogP contribution in [0.1, 0.15) is 77.1 Å². The van der Waals surface area contributed by atoms with Gasteiger partial charge in [-0.25, -0.2) is 4.39 Å². The first-order valence-electron chi connectivity index (χ1n) is 10.7. The molecule has 2 aliphatic rings.